The summed E-state index contributed by atoms with van der Waals surface area (Å²) in [5.74, 6) is 1.38. The van der Waals surface area contributed by atoms with Gasteiger partial charge in [0.25, 0.3) is 0 Å². The first kappa shape index (κ1) is 11.8. The summed E-state index contributed by atoms with van der Waals surface area (Å²) < 4.78 is 6.02. The average Bonchev–Trinajstić information content (AvgIpc) is 2.16. The molecule has 2 heteroatoms. The molecule has 0 fully saturated rings. The van der Waals surface area contributed by atoms with Crippen LogP contribution in [-0.2, 0) is 4.43 Å². The molecule has 0 radical (unpaired) electrons. The lowest BCUT2D eigenvalue weighted by atomic mass is 9.94. The largest absolute Gasteiger partial charge is 0.550 e. The van der Waals surface area contributed by atoms with Crippen molar-refractivity contribution in [2.75, 3.05) is 0 Å². The van der Waals surface area contributed by atoms with Crippen LogP contribution < -0.4 is 0 Å². The number of hydrogen-bond acceptors (Lipinski definition) is 1. The second-order valence-electron chi connectivity index (χ2n) is 4.50. The molecule has 0 N–H and O–H groups in total. The number of rotatable bonds is 5. The molecule has 0 saturated carbocycles. The molecular weight excluding hydrogens is 188 g/mol. The molecule has 0 saturated heterocycles. The second kappa shape index (κ2) is 6.28. The van der Waals surface area contributed by atoms with Crippen LogP contribution >= 0.6 is 0 Å². The molecule has 0 atom stereocenters. The lowest BCUT2D eigenvalue weighted by Gasteiger charge is -2.23. The van der Waals surface area contributed by atoms with E-state index in [0.717, 1.165) is 0 Å². The number of hydrogen-bond donors (Lipinski definition) is 0. The molecule has 0 amide bonds. The summed E-state index contributed by atoms with van der Waals surface area (Å²) >= 11 is 0. The molecule has 1 aliphatic rings. The topological polar surface area (TPSA) is 9.23 Å². The molecule has 0 bridgehead atoms. The van der Waals surface area contributed by atoms with E-state index in [1.807, 2.05) is 0 Å². The van der Waals surface area contributed by atoms with E-state index in [1.54, 1.807) is 5.57 Å². The highest BCUT2D eigenvalue weighted by Crippen LogP contribution is 2.29. The van der Waals surface area contributed by atoms with Crippen molar-refractivity contribution in [1.82, 2.24) is 0 Å². The first-order valence-corrected chi connectivity index (χ1v) is 8.89. The van der Waals surface area contributed by atoms with Crippen molar-refractivity contribution in [2.45, 2.75) is 65.0 Å². The van der Waals surface area contributed by atoms with Crippen LogP contribution in [0.3, 0.4) is 0 Å². The van der Waals surface area contributed by atoms with Gasteiger partial charge in [-0.25, -0.2) is 0 Å². The third kappa shape index (κ3) is 3.87. The van der Waals surface area contributed by atoms with Gasteiger partial charge >= 0.3 is 0 Å². The Hall–Kier alpha value is -0.243. The van der Waals surface area contributed by atoms with Crippen molar-refractivity contribution in [3.63, 3.8) is 0 Å². The maximum atomic E-state index is 6.02. The predicted octanol–water partition coefficient (Wildman–Crippen LogP) is 4.00. The van der Waals surface area contributed by atoms with Gasteiger partial charge in [-0.3, -0.25) is 0 Å². The van der Waals surface area contributed by atoms with Gasteiger partial charge in [-0.05, 0) is 50.8 Å². The van der Waals surface area contributed by atoms with E-state index in [2.05, 4.69) is 20.0 Å². The summed E-state index contributed by atoms with van der Waals surface area (Å²) in [5, 5.41) is 0. The molecule has 1 nitrogen and oxygen atoms in total. The molecule has 0 aromatic heterocycles. The van der Waals surface area contributed by atoms with Gasteiger partial charge in [0.05, 0.1) is 5.76 Å². The van der Waals surface area contributed by atoms with Crippen molar-refractivity contribution < 1.29 is 4.43 Å². The highest BCUT2D eigenvalue weighted by atomic mass is 28.3. The van der Waals surface area contributed by atoms with E-state index in [1.165, 1.54) is 50.7 Å². The molecule has 0 aliphatic heterocycles. The van der Waals surface area contributed by atoms with Gasteiger partial charge in [-0.2, -0.15) is 0 Å². The fraction of sp³-hybridized carbons (Fsp3) is 0.833. The Morgan fingerprint density at radius 2 is 1.93 bits per heavy atom. The van der Waals surface area contributed by atoms with Crippen LogP contribution in [0.1, 0.15) is 51.9 Å². The fourth-order valence-corrected chi connectivity index (χ4v) is 2.88. The first-order chi connectivity index (χ1) is 6.74. The van der Waals surface area contributed by atoms with Gasteiger partial charge in [0.2, 0.25) is 9.04 Å². The summed E-state index contributed by atoms with van der Waals surface area (Å²) in [6.07, 6.45) is 9.16. The third-order valence-corrected chi connectivity index (χ3v) is 3.49. The molecular formula is C12H24OSi. The summed E-state index contributed by atoms with van der Waals surface area (Å²) in [5.41, 5.74) is 1.64. The van der Waals surface area contributed by atoms with Crippen molar-refractivity contribution in [3.8, 4) is 0 Å². The minimum atomic E-state index is -0.874. The van der Waals surface area contributed by atoms with Crippen LogP contribution in [0, 0.1) is 0 Å². The van der Waals surface area contributed by atoms with Gasteiger partial charge in [-0.1, -0.05) is 13.3 Å². The lowest BCUT2D eigenvalue weighted by molar-refractivity contribution is 0.379. The Morgan fingerprint density at radius 3 is 2.57 bits per heavy atom. The highest BCUT2D eigenvalue weighted by Gasteiger charge is 2.14. The van der Waals surface area contributed by atoms with Gasteiger partial charge in [-0.15, -0.1) is 0 Å². The quantitative estimate of drug-likeness (QED) is 0.626. The van der Waals surface area contributed by atoms with Crippen LogP contribution in [-0.4, -0.2) is 9.04 Å². The number of unbranched alkanes of at least 4 members (excludes halogenated alkanes) is 1. The lowest BCUT2D eigenvalue weighted by Crippen LogP contribution is -2.12. The van der Waals surface area contributed by atoms with E-state index in [4.69, 9.17) is 4.43 Å². The Bertz CT molecular complexity index is 196. The summed E-state index contributed by atoms with van der Waals surface area (Å²) in [6.45, 7) is 6.79. The van der Waals surface area contributed by atoms with E-state index < -0.39 is 9.04 Å². The second-order valence-corrected chi connectivity index (χ2v) is 6.84. The van der Waals surface area contributed by atoms with E-state index in [-0.39, 0.29) is 0 Å². The standard InChI is InChI=1S/C12H24OSi/c1-4-5-8-11-9-6-7-10-12(11)13-14(2)3/h14H,4-10H2,1-3H3. The van der Waals surface area contributed by atoms with Gasteiger partial charge in [0.15, 0.2) is 0 Å². The highest BCUT2D eigenvalue weighted by molar-refractivity contribution is 6.48. The first-order valence-electron chi connectivity index (χ1n) is 6.11. The smallest absolute Gasteiger partial charge is 0.229 e. The molecule has 82 valence electrons. The van der Waals surface area contributed by atoms with Gasteiger partial charge in [0.1, 0.15) is 0 Å². The van der Waals surface area contributed by atoms with Crippen LogP contribution in [0.25, 0.3) is 0 Å². The Morgan fingerprint density at radius 1 is 1.21 bits per heavy atom. The van der Waals surface area contributed by atoms with Crippen LogP contribution in [0.4, 0.5) is 0 Å². The van der Waals surface area contributed by atoms with Crippen LogP contribution in [0.2, 0.25) is 13.1 Å². The zero-order chi connectivity index (χ0) is 10.4. The van der Waals surface area contributed by atoms with Crippen LogP contribution in [0.5, 0.6) is 0 Å². The third-order valence-electron chi connectivity index (χ3n) is 2.74. The minimum absolute atomic E-state index is 0.874. The van der Waals surface area contributed by atoms with Gasteiger partial charge < -0.3 is 4.43 Å². The molecule has 0 aromatic carbocycles. The Labute approximate surface area is 90.3 Å². The van der Waals surface area contributed by atoms with Crippen molar-refractivity contribution in [1.29, 1.82) is 0 Å². The molecule has 0 unspecified atom stereocenters. The summed E-state index contributed by atoms with van der Waals surface area (Å²) in [7, 11) is -0.874. The van der Waals surface area contributed by atoms with Crippen molar-refractivity contribution in [3.05, 3.63) is 11.3 Å². The monoisotopic (exact) mass is 212 g/mol. The van der Waals surface area contributed by atoms with E-state index >= 15 is 0 Å². The molecule has 0 aromatic rings. The Balaban J connectivity index is 2.54. The molecule has 14 heavy (non-hydrogen) atoms. The summed E-state index contributed by atoms with van der Waals surface area (Å²) in [6, 6.07) is 0. The predicted molar refractivity (Wildman–Crippen MR) is 65.0 cm³/mol. The zero-order valence-electron chi connectivity index (χ0n) is 9.94. The minimum Gasteiger partial charge on any atom is -0.550 e. The number of allylic oxidation sites excluding steroid dienone is 2. The SMILES string of the molecule is CCCCC1=C(O[SiH](C)C)CCCC1. The van der Waals surface area contributed by atoms with Crippen LogP contribution in [0.15, 0.2) is 11.3 Å². The van der Waals surface area contributed by atoms with Crippen molar-refractivity contribution in [2.24, 2.45) is 0 Å². The molecule has 0 spiro atoms. The zero-order valence-corrected chi connectivity index (χ0v) is 11.1. The summed E-state index contributed by atoms with van der Waals surface area (Å²) in [4.78, 5) is 0. The van der Waals surface area contributed by atoms with E-state index in [9.17, 15) is 0 Å². The molecule has 0 heterocycles. The molecule has 1 aliphatic carbocycles. The molecule has 1 rings (SSSR count). The Kier molecular flexibility index (Phi) is 5.31. The maximum absolute atomic E-state index is 6.02. The average molecular weight is 212 g/mol. The maximum Gasteiger partial charge on any atom is 0.229 e. The van der Waals surface area contributed by atoms with E-state index in [0.29, 0.717) is 0 Å². The van der Waals surface area contributed by atoms with Crippen molar-refractivity contribution >= 4 is 9.04 Å². The van der Waals surface area contributed by atoms with Gasteiger partial charge in [0, 0.05) is 6.42 Å². The normalized spacial score (nSPS) is 17.7. The fourth-order valence-electron chi connectivity index (χ4n) is 2.02.